The van der Waals surface area contributed by atoms with Crippen molar-refractivity contribution in [3.63, 3.8) is 0 Å². The van der Waals surface area contributed by atoms with Crippen molar-refractivity contribution in [1.82, 2.24) is 0 Å². The predicted molar refractivity (Wildman–Crippen MR) is 104 cm³/mol. The zero-order valence-corrected chi connectivity index (χ0v) is 17.5. The summed E-state index contributed by atoms with van der Waals surface area (Å²) in [6.45, 7) is 14.8. The highest BCUT2D eigenvalue weighted by Crippen LogP contribution is 2.12. The van der Waals surface area contributed by atoms with Gasteiger partial charge in [0.1, 0.15) is 0 Å². The zero-order chi connectivity index (χ0) is 17.5. The second kappa shape index (κ2) is 8.45. The van der Waals surface area contributed by atoms with E-state index in [2.05, 4.69) is 61.7 Å². The standard InChI is InChI=1S/C17H30N2O2Si2/c1-15(18-20-22(2,3)4)13-14-17(19-21-23(5,6)7)16-11-9-8-10-12-16/h8-12H,13-14H2,1-7H3. The van der Waals surface area contributed by atoms with Crippen LogP contribution in [0.15, 0.2) is 40.6 Å². The van der Waals surface area contributed by atoms with Gasteiger partial charge in [-0.25, -0.2) is 0 Å². The first-order valence-corrected chi connectivity index (χ1v) is 14.9. The molecule has 0 saturated heterocycles. The number of benzene rings is 1. The highest BCUT2D eigenvalue weighted by molar-refractivity contribution is 6.70. The minimum absolute atomic E-state index is 0.791. The van der Waals surface area contributed by atoms with Gasteiger partial charge in [-0.05, 0) is 64.6 Å². The SMILES string of the molecule is CC(CCC(=NO[Si](C)(C)C)c1ccccc1)=NO[Si](C)(C)C. The van der Waals surface area contributed by atoms with E-state index in [0.717, 1.165) is 29.8 Å². The molecule has 0 amide bonds. The van der Waals surface area contributed by atoms with Gasteiger partial charge in [0.25, 0.3) is 16.6 Å². The third-order valence-corrected chi connectivity index (χ3v) is 4.01. The highest BCUT2D eigenvalue weighted by atomic mass is 28.4. The maximum absolute atomic E-state index is 5.76. The van der Waals surface area contributed by atoms with Crippen molar-refractivity contribution in [2.24, 2.45) is 10.3 Å². The summed E-state index contributed by atoms with van der Waals surface area (Å²) in [6, 6.07) is 10.2. The first kappa shape index (κ1) is 19.6. The average molecular weight is 351 g/mol. The molecule has 0 bridgehead atoms. The second-order valence-corrected chi connectivity index (χ2v) is 16.5. The molecular weight excluding hydrogens is 320 g/mol. The monoisotopic (exact) mass is 350 g/mol. The Morgan fingerprint density at radius 3 is 1.87 bits per heavy atom. The van der Waals surface area contributed by atoms with Crippen LogP contribution in [-0.4, -0.2) is 28.1 Å². The summed E-state index contributed by atoms with van der Waals surface area (Å²) in [5.74, 6) is 0. The number of hydrogen-bond donors (Lipinski definition) is 0. The lowest BCUT2D eigenvalue weighted by Gasteiger charge is -2.16. The molecule has 23 heavy (non-hydrogen) atoms. The van der Waals surface area contributed by atoms with E-state index in [4.69, 9.17) is 9.05 Å². The van der Waals surface area contributed by atoms with Crippen LogP contribution in [0.2, 0.25) is 39.3 Å². The second-order valence-electron chi connectivity index (χ2n) is 7.64. The Morgan fingerprint density at radius 1 is 0.826 bits per heavy atom. The maximum atomic E-state index is 5.76. The molecule has 0 aliphatic heterocycles. The fourth-order valence-electron chi connectivity index (χ4n) is 1.63. The van der Waals surface area contributed by atoms with Gasteiger partial charge in [-0.15, -0.1) is 10.3 Å². The summed E-state index contributed by atoms with van der Waals surface area (Å²) < 4.78 is 11.4. The van der Waals surface area contributed by atoms with E-state index in [1.807, 2.05) is 25.1 Å². The number of nitrogens with zero attached hydrogens (tertiary/aromatic N) is 2. The number of oxime groups is 2. The molecule has 0 atom stereocenters. The minimum atomic E-state index is -1.69. The van der Waals surface area contributed by atoms with Crippen molar-refractivity contribution in [2.45, 2.75) is 59.0 Å². The lowest BCUT2D eigenvalue weighted by Crippen LogP contribution is -2.23. The molecule has 0 aliphatic rings. The fraction of sp³-hybridized carbons (Fsp3) is 0.529. The quantitative estimate of drug-likeness (QED) is 0.365. The van der Waals surface area contributed by atoms with Crippen LogP contribution in [-0.2, 0) is 9.05 Å². The van der Waals surface area contributed by atoms with Crippen molar-refractivity contribution >= 4 is 28.1 Å². The third-order valence-electron chi connectivity index (χ3n) is 2.74. The van der Waals surface area contributed by atoms with E-state index < -0.39 is 16.6 Å². The van der Waals surface area contributed by atoms with Crippen LogP contribution in [0.25, 0.3) is 0 Å². The summed E-state index contributed by atoms with van der Waals surface area (Å²) >= 11 is 0. The van der Waals surface area contributed by atoms with E-state index in [0.29, 0.717) is 0 Å². The first-order chi connectivity index (χ1) is 10.6. The van der Waals surface area contributed by atoms with Crippen LogP contribution in [0, 0.1) is 0 Å². The molecule has 0 saturated carbocycles. The summed E-state index contributed by atoms with van der Waals surface area (Å²) in [5, 5.41) is 8.70. The Bertz CT molecular complexity index is 544. The Morgan fingerprint density at radius 2 is 1.35 bits per heavy atom. The summed E-state index contributed by atoms with van der Waals surface area (Å²) in [5.41, 5.74) is 3.06. The predicted octanol–water partition coefficient (Wildman–Crippen LogP) is 5.25. The van der Waals surface area contributed by atoms with Crippen LogP contribution >= 0.6 is 0 Å². The van der Waals surface area contributed by atoms with Crippen LogP contribution in [0.5, 0.6) is 0 Å². The minimum Gasteiger partial charge on any atom is -0.456 e. The van der Waals surface area contributed by atoms with Crippen molar-refractivity contribution < 1.29 is 9.05 Å². The van der Waals surface area contributed by atoms with Gasteiger partial charge in [0.15, 0.2) is 0 Å². The molecule has 0 N–H and O–H groups in total. The van der Waals surface area contributed by atoms with E-state index >= 15 is 0 Å². The lowest BCUT2D eigenvalue weighted by molar-refractivity contribution is 0.332. The average Bonchev–Trinajstić information content (AvgIpc) is 2.44. The fourth-order valence-corrected chi connectivity index (χ4v) is 2.44. The van der Waals surface area contributed by atoms with Crippen molar-refractivity contribution in [2.75, 3.05) is 0 Å². The summed E-state index contributed by atoms with van der Waals surface area (Å²) in [4.78, 5) is 0. The van der Waals surface area contributed by atoms with Gasteiger partial charge < -0.3 is 9.05 Å². The molecule has 6 heteroatoms. The molecule has 0 aromatic heterocycles. The molecule has 0 radical (unpaired) electrons. The topological polar surface area (TPSA) is 43.2 Å². The van der Waals surface area contributed by atoms with Gasteiger partial charge in [-0.1, -0.05) is 30.3 Å². The van der Waals surface area contributed by atoms with E-state index in [1.54, 1.807) is 0 Å². The summed E-state index contributed by atoms with van der Waals surface area (Å²) in [6.07, 6.45) is 1.60. The molecule has 128 valence electrons. The van der Waals surface area contributed by atoms with Crippen molar-refractivity contribution in [1.29, 1.82) is 0 Å². The molecule has 1 rings (SSSR count). The zero-order valence-electron chi connectivity index (χ0n) is 15.5. The maximum Gasteiger partial charge on any atom is 0.278 e. The summed E-state index contributed by atoms with van der Waals surface area (Å²) in [7, 11) is -3.30. The first-order valence-electron chi connectivity index (χ1n) is 8.09. The molecule has 0 unspecified atom stereocenters. The molecular formula is C17H30N2O2Si2. The Hall–Kier alpha value is -1.41. The molecule has 1 aromatic rings. The molecule has 4 nitrogen and oxygen atoms in total. The normalized spacial score (nSPS) is 13.9. The van der Waals surface area contributed by atoms with Gasteiger partial charge in [0, 0.05) is 0 Å². The van der Waals surface area contributed by atoms with Crippen molar-refractivity contribution in [3.8, 4) is 0 Å². The highest BCUT2D eigenvalue weighted by Gasteiger charge is 2.18. The van der Waals surface area contributed by atoms with Gasteiger partial charge in [-0.2, -0.15) is 0 Å². The van der Waals surface area contributed by atoms with Gasteiger partial charge in [-0.3, -0.25) is 0 Å². The molecule has 0 aliphatic carbocycles. The molecule has 0 fully saturated rings. The van der Waals surface area contributed by atoms with Crippen molar-refractivity contribution in [3.05, 3.63) is 35.9 Å². The number of rotatable bonds is 8. The molecule has 0 spiro atoms. The van der Waals surface area contributed by atoms with Crippen LogP contribution in [0.1, 0.15) is 25.3 Å². The largest absolute Gasteiger partial charge is 0.456 e. The smallest absolute Gasteiger partial charge is 0.278 e. The Balaban J connectivity index is 2.79. The molecule has 0 heterocycles. The number of hydrogen-bond acceptors (Lipinski definition) is 4. The Labute approximate surface area is 142 Å². The van der Waals surface area contributed by atoms with Crippen LogP contribution in [0.4, 0.5) is 0 Å². The Kier molecular flexibility index (Phi) is 7.21. The molecule has 1 aromatic carbocycles. The van der Waals surface area contributed by atoms with E-state index in [1.165, 1.54) is 0 Å². The van der Waals surface area contributed by atoms with Crippen LogP contribution in [0.3, 0.4) is 0 Å². The van der Waals surface area contributed by atoms with Gasteiger partial charge >= 0.3 is 0 Å². The van der Waals surface area contributed by atoms with Gasteiger partial charge in [0.05, 0.1) is 11.4 Å². The van der Waals surface area contributed by atoms with Crippen LogP contribution < -0.4 is 0 Å². The lowest BCUT2D eigenvalue weighted by atomic mass is 10.0. The third kappa shape index (κ3) is 9.35. The van der Waals surface area contributed by atoms with E-state index in [9.17, 15) is 0 Å². The van der Waals surface area contributed by atoms with E-state index in [-0.39, 0.29) is 0 Å². The van der Waals surface area contributed by atoms with Gasteiger partial charge in [0.2, 0.25) is 0 Å².